The molecule has 0 aromatic rings. The second kappa shape index (κ2) is 3.98. The third-order valence-electron chi connectivity index (χ3n) is 5.70. The van der Waals surface area contributed by atoms with Crippen LogP contribution in [0.15, 0.2) is 0 Å². The summed E-state index contributed by atoms with van der Waals surface area (Å²) in [7, 11) is 0. The molecule has 1 amide bonds. The highest BCUT2D eigenvalue weighted by Crippen LogP contribution is 2.61. The Hall–Kier alpha value is -0.530. The molecule has 3 atom stereocenters. The van der Waals surface area contributed by atoms with Crippen LogP contribution in [0.1, 0.15) is 67.2 Å². The van der Waals surface area contributed by atoms with Gasteiger partial charge in [-0.1, -0.05) is 34.6 Å². The Morgan fingerprint density at radius 1 is 1.17 bits per heavy atom. The summed E-state index contributed by atoms with van der Waals surface area (Å²) in [5, 5.41) is 3.39. The second-order valence-corrected chi connectivity index (χ2v) is 8.42. The van der Waals surface area contributed by atoms with Crippen molar-refractivity contribution in [1.29, 1.82) is 0 Å². The molecule has 2 saturated carbocycles. The molecule has 0 aliphatic heterocycles. The Morgan fingerprint density at radius 2 is 1.72 bits per heavy atom. The summed E-state index contributed by atoms with van der Waals surface area (Å²) in [4.78, 5) is 12.3. The summed E-state index contributed by atoms with van der Waals surface area (Å²) in [6, 6.07) is 0. The molecule has 0 spiro atoms. The van der Waals surface area contributed by atoms with E-state index in [1.807, 2.05) is 0 Å². The Labute approximate surface area is 112 Å². The van der Waals surface area contributed by atoms with Crippen LogP contribution in [0.3, 0.4) is 0 Å². The van der Waals surface area contributed by atoms with Gasteiger partial charge in [0, 0.05) is 12.0 Å². The van der Waals surface area contributed by atoms with Gasteiger partial charge in [-0.3, -0.25) is 4.79 Å². The van der Waals surface area contributed by atoms with Crippen molar-refractivity contribution in [2.24, 2.45) is 22.7 Å². The van der Waals surface area contributed by atoms with Crippen molar-refractivity contribution < 1.29 is 4.79 Å². The van der Waals surface area contributed by atoms with Crippen molar-refractivity contribution in [2.45, 2.75) is 72.8 Å². The third-order valence-corrected chi connectivity index (χ3v) is 5.70. The van der Waals surface area contributed by atoms with Crippen molar-refractivity contribution in [1.82, 2.24) is 5.32 Å². The zero-order chi connectivity index (χ0) is 13.8. The van der Waals surface area contributed by atoms with E-state index in [-0.39, 0.29) is 22.3 Å². The molecule has 0 unspecified atom stereocenters. The SMILES string of the molecule is CC(C)(C)CC(=O)N[C@@]1(C)[C@H]2CC[C@@H](C2)C1(C)C. The lowest BCUT2D eigenvalue weighted by molar-refractivity contribution is -0.127. The first kappa shape index (κ1) is 13.9. The molecule has 104 valence electrons. The van der Waals surface area contributed by atoms with E-state index in [0.717, 1.165) is 5.92 Å². The molecule has 2 aliphatic rings. The summed E-state index contributed by atoms with van der Waals surface area (Å²) in [6.07, 6.45) is 4.57. The van der Waals surface area contributed by atoms with Crippen LogP contribution in [0.5, 0.6) is 0 Å². The minimum atomic E-state index is -0.00174. The van der Waals surface area contributed by atoms with E-state index >= 15 is 0 Å². The molecular formula is C16H29NO. The number of carbonyl (C=O) groups is 1. The second-order valence-electron chi connectivity index (χ2n) is 8.42. The number of rotatable bonds is 2. The Balaban J connectivity index is 2.10. The van der Waals surface area contributed by atoms with E-state index in [0.29, 0.717) is 12.3 Å². The highest BCUT2D eigenvalue weighted by molar-refractivity contribution is 5.77. The molecule has 2 fully saturated rings. The molecule has 0 aromatic heterocycles. The van der Waals surface area contributed by atoms with E-state index in [1.165, 1.54) is 19.3 Å². The summed E-state index contributed by atoms with van der Waals surface area (Å²) >= 11 is 0. The molecule has 18 heavy (non-hydrogen) atoms. The number of carbonyl (C=O) groups excluding carboxylic acids is 1. The first-order valence-corrected chi connectivity index (χ1v) is 7.37. The molecule has 0 aromatic carbocycles. The molecule has 2 nitrogen and oxygen atoms in total. The van der Waals surface area contributed by atoms with Crippen LogP contribution in [-0.4, -0.2) is 11.4 Å². The van der Waals surface area contributed by atoms with Gasteiger partial charge in [0.25, 0.3) is 0 Å². The summed E-state index contributed by atoms with van der Waals surface area (Å²) < 4.78 is 0. The molecule has 0 heterocycles. The van der Waals surface area contributed by atoms with Crippen molar-refractivity contribution >= 4 is 5.91 Å². The lowest BCUT2D eigenvalue weighted by Crippen LogP contribution is -2.59. The molecule has 2 rings (SSSR count). The average molecular weight is 251 g/mol. The fourth-order valence-electron chi connectivity index (χ4n) is 4.19. The number of amides is 1. The van der Waals surface area contributed by atoms with E-state index < -0.39 is 0 Å². The van der Waals surface area contributed by atoms with Crippen LogP contribution in [0.25, 0.3) is 0 Å². The van der Waals surface area contributed by atoms with Gasteiger partial charge in [0.15, 0.2) is 0 Å². The van der Waals surface area contributed by atoms with Crippen LogP contribution in [-0.2, 0) is 4.79 Å². The average Bonchev–Trinajstić information content (AvgIpc) is 2.66. The van der Waals surface area contributed by atoms with Crippen LogP contribution < -0.4 is 5.32 Å². The van der Waals surface area contributed by atoms with Gasteiger partial charge in [-0.05, 0) is 48.9 Å². The molecule has 1 N–H and O–H groups in total. The van der Waals surface area contributed by atoms with Crippen molar-refractivity contribution in [3.8, 4) is 0 Å². The maximum atomic E-state index is 12.3. The predicted octanol–water partition coefficient (Wildman–Crippen LogP) is 3.75. The summed E-state index contributed by atoms with van der Waals surface area (Å²) in [5.41, 5.74) is 0.309. The zero-order valence-electron chi connectivity index (χ0n) is 12.9. The highest BCUT2D eigenvalue weighted by atomic mass is 16.1. The Kier molecular flexibility index (Phi) is 3.07. The maximum Gasteiger partial charge on any atom is 0.220 e. The molecule has 2 heteroatoms. The predicted molar refractivity (Wildman–Crippen MR) is 75.2 cm³/mol. The van der Waals surface area contributed by atoms with Gasteiger partial charge in [0.1, 0.15) is 0 Å². The monoisotopic (exact) mass is 251 g/mol. The van der Waals surface area contributed by atoms with Crippen LogP contribution in [0.4, 0.5) is 0 Å². The van der Waals surface area contributed by atoms with Gasteiger partial charge >= 0.3 is 0 Å². The van der Waals surface area contributed by atoms with Crippen LogP contribution >= 0.6 is 0 Å². The third kappa shape index (κ3) is 2.08. The van der Waals surface area contributed by atoms with Gasteiger partial charge in [0.2, 0.25) is 5.91 Å². The fraction of sp³-hybridized carbons (Fsp3) is 0.938. The van der Waals surface area contributed by atoms with Gasteiger partial charge in [-0.2, -0.15) is 0 Å². The zero-order valence-corrected chi connectivity index (χ0v) is 12.9. The van der Waals surface area contributed by atoms with Crippen molar-refractivity contribution in [2.75, 3.05) is 0 Å². The van der Waals surface area contributed by atoms with E-state index in [1.54, 1.807) is 0 Å². The van der Waals surface area contributed by atoms with Gasteiger partial charge in [-0.25, -0.2) is 0 Å². The van der Waals surface area contributed by atoms with Crippen molar-refractivity contribution in [3.05, 3.63) is 0 Å². The summed E-state index contributed by atoms with van der Waals surface area (Å²) in [5.74, 6) is 1.70. The molecule has 0 saturated heterocycles. The first-order valence-electron chi connectivity index (χ1n) is 7.37. The quantitative estimate of drug-likeness (QED) is 0.795. The Morgan fingerprint density at radius 3 is 2.17 bits per heavy atom. The minimum absolute atomic E-state index is 0.00174. The van der Waals surface area contributed by atoms with Crippen LogP contribution in [0, 0.1) is 22.7 Å². The highest BCUT2D eigenvalue weighted by Gasteiger charge is 2.60. The smallest absolute Gasteiger partial charge is 0.220 e. The Bertz CT molecular complexity index is 353. The first-order chi connectivity index (χ1) is 8.06. The number of fused-ring (bicyclic) bond motifs is 2. The standard InChI is InChI=1S/C16H29NO/c1-14(2,3)10-13(18)17-16(6)12-8-7-11(9-12)15(16,4)5/h11-12H,7-10H2,1-6H3,(H,17,18)/t11-,12-,16-/m0/s1. The molecule has 2 aliphatic carbocycles. The summed E-state index contributed by atoms with van der Waals surface area (Å²) in [6.45, 7) is 13.3. The van der Waals surface area contributed by atoms with Gasteiger partial charge in [0.05, 0.1) is 0 Å². The molecule has 0 radical (unpaired) electrons. The minimum Gasteiger partial charge on any atom is -0.350 e. The lowest BCUT2D eigenvalue weighted by atomic mass is 9.64. The number of hydrogen-bond donors (Lipinski definition) is 1. The lowest BCUT2D eigenvalue weighted by Gasteiger charge is -2.48. The largest absolute Gasteiger partial charge is 0.350 e. The molecular weight excluding hydrogens is 222 g/mol. The van der Waals surface area contributed by atoms with E-state index in [4.69, 9.17) is 0 Å². The van der Waals surface area contributed by atoms with Crippen LogP contribution in [0.2, 0.25) is 0 Å². The van der Waals surface area contributed by atoms with E-state index in [9.17, 15) is 4.79 Å². The van der Waals surface area contributed by atoms with Crippen molar-refractivity contribution in [3.63, 3.8) is 0 Å². The number of nitrogens with one attached hydrogen (secondary N) is 1. The van der Waals surface area contributed by atoms with Gasteiger partial charge < -0.3 is 5.32 Å². The maximum absolute atomic E-state index is 12.3. The number of hydrogen-bond acceptors (Lipinski definition) is 1. The topological polar surface area (TPSA) is 29.1 Å². The van der Waals surface area contributed by atoms with E-state index in [2.05, 4.69) is 46.9 Å². The van der Waals surface area contributed by atoms with Gasteiger partial charge in [-0.15, -0.1) is 0 Å². The molecule has 2 bridgehead atoms. The normalized spacial score (nSPS) is 37.9. The fourth-order valence-corrected chi connectivity index (χ4v) is 4.19.